The molecule has 0 spiro atoms. The Morgan fingerprint density at radius 2 is 2.00 bits per heavy atom. The molecule has 184 valence electrons. The third-order valence-electron chi connectivity index (χ3n) is 7.22. The fourth-order valence-corrected chi connectivity index (χ4v) is 5.26. The summed E-state index contributed by atoms with van der Waals surface area (Å²) in [5.41, 5.74) is 1.71. The van der Waals surface area contributed by atoms with Crippen LogP contribution in [0.3, 0.4) is 0 Å². The molecule has 0 atom stereocenters. The molecule has 9 heteroatoms. The van der Waals surface area contributed by atoms with Gasteiger partial charge in [-0.15, -0.1) is 0 Å². The van der Waals surface area contributed by atoms with Crippen molar-refractivity contribution in [3.05, 3.63) is 45.9 Å². The number of ketones is 1. The van der Waals surface area contributed by atoms with Crippen molar-refractivity contribution in [2.45, 2.75) is 38.6 Å². The monoisotopic (exact) mass is 477 g/mol. The summed E-state index contributed by atoms with van der Waals surface area (Å²) in [4.78, 5) is 37.1. The number of carbonyl (C=O) groups excluding carboxylic acids is 1. The first-order chi connectivity index (χ1) is 16.7. The Balaban J connectivity index is 1.50. The lowest BCUT2D eigenvalue weighted by Crippen LogP contribution is -2.62. The number of nitrogens with zero attached hydrogens (tertiary/aromatic N) is 4. The van der Waals surface area contributed by atoms with Crippen molar-refractivity contribution in [2.75, 3.05) is 39.7 Å². The second-order valence-corrected chi connectivity index (χ2v) is 9.97. The van der Waals surface area contributed by atoms with Crippen LogP contribution < -0.4 is 20.3 Å². The third kappa shape index (κ3) is 3.93. The van der Waals surface area contributed by atoms with Crippen LogP contribution in [0.15, 0.2) is 29.2 Å². The van der Waals surface area contributed by atoms with Gasteiger partial charge in [0.05, 0.1) is 18.2 Å². The number of anilines is 2. The number of carbonyl (C=O) groups is 1. The van der Waals surface area contributed by atoms with E-state index < -0.39 is 0 Å². The fourth-order valence-electron chi connectivity index (χ4n) is 5.26. The molecule has 0 aliphatic heterocycles. The van der Waals surface area contributed by atoms with Gasteiger partial charge in [0, 0.05) is 29.9 Å². The van der Waals surface area contributed by atoms with E-state index in [-0.39, 0.29) is 22.4 Å². The van der Waals surface area contributed by atoms with Crippen molar-refractivity contribution in [3.8, 4) is 11.5 Å². The van der Waals surface area contributed by atoms with Gasteiger partial charge in [-0.2, -0.15) is 4.98 Å². The van der Waals surface area contributed by atoms with E-state index in [2.05, 4.69) is 10.3 Å². The van der Waals surface area contributed by atoms with Crippen molar-refractivity contribution < 1.29 is 14.3 Å². The maximum absolute atomic E-state index is 13.5. The molecule has 0 unspecified atom stereocenters. The quantitative estimate of drug-likeness (QED) is 0.468. The van der Waals surface area contributed by atoms with Crippen LogP contribution in [0.2, 0.25) is 0 Å². The first-order valence-electron chi connectivity index (χ1n) is 11.9. The molecule has 2 bridgehead atoms. The number of pyridine rings is 1. The fraction of sp³-hybridized carbons (Fsp3) is 0.462. The molecule has 2 aromatic heterocycles. The van der Waals surface area contributed by atoms with Gasteiger partial charge in [-0.25, -0.2) is 4.98 Å². The van der Waals surface area contributed by atoms with Crippen LogP contribution in [0, 0.1) is 12.8 Å². The number of methoxy groups -OCH3 is 1. The predicted molar refractivity (Wildman–Crippen MR) is 134 cm³/mol. The number of benzene rings is 1. The molecule has 6 rings (SSSR count). The number of likely N-dealkylation sites (N-methyl/N-ethyl adjacent to an activating group) is 1. The molecule has 9 nitrogen and oxygen atoms in total. The summed E-state index contributed by atoms with van der Waals surface area (Å²) in [6.07, 6.45) is 4.58. The van der Waals surface area contributed by atoms with Crippen LogP contribution in [0.1, 0.15) is 42.1 Å². The van der Waals surface area contributed by atoms with E-state index in [4.69, 9.17) is 14.5 Å². The van der Waals surface area contributed by atoms with Crippen LogP contribution in [0.5, 0.6) is 11.5 Å². The van der Waals surface area contributed by atoms with Crippen molar-refractivity contribution in [2.24, 2.45) is 5.92 Å². The molecule has 3 saturated carbocycles. The van der Waals surface area contributed by atoms with Crippen molar-refractivity contribution in [1.29, 1.82) is 0 Å². The van der Waals surface area contributed by atoms with E-state index in [1.54, 1.807) is 24.8 Å². The van der Waals surface area contributed by atoms with Crippen molar-refractivity contribution >= 4 is 28.5 Å². The third-order valence-corrected chi connectivity index (χ3v) is 7.22. The minimum Gasteiger partial charge on any atom is -0.493 e. The number of ether oxygens (including phenoxy) is 2. The minimum absolute atomic E-state index is 0.224. The normalized spacial score (nSPS) is 20.3. The molecular weight excluding hydrogens is 446 g/mol. The number of Topliss-reactive ketones (excluding diaryl/α,β-unsaturated/α-hetero) is 1. The zero-order chi connectivity index (χ0) is 24.9. The molecule has 3 aliphatic rings. The minimum atomic E-state index is -0.244. The van der Waals surface area contributed by atoms with Gasteiger partial charge < -0.3 is 19.7 Å². The highest BCUT2D eigenvalue weighted by Gasteiger charge is 2.59. The highest BCUT2D eigenvalue weighted by atomic mass is 16.5. The Bertz CT molecular complexity index is 1360. The van der Waals surface area contributed by atoms with Gasteiger partial charge in [-0.1, -0.05) is 0 Å². The molecule has 3 aliphatic carbocycles. The summed E-state index contributed by atoms with van der Waals surface area (Å²) in [6, 6.07) is 5.55. The van der Waals surface area contributed by atoms with E-state index in [0.29, 0.717) is 41.2 Å². The molecule has 2 heterocycles. The summed E-state index contributed by atoms with van der Waals surface area (Å²) in [6.45, 7) is 4.58. The zero-order valence-electron chi connectivity index (χ0n) is 20.8. The van der Waals surface area contributed by atoms with Crippen LogP contribution in [0.4, 0.5) is 11.6 Å². The molecule has 35 heavy (non-hydrogen) atoms. The molecule has 0 radical (unpaired) electrons. The Morgan fingerprint density at radius 3 is 2.60 bits per heavy atom. The molecular formula is C26H31N5O4. The van der Waals surface area contributed by atoms with Gasteiger partial charge >= 0.3 is 0 Å². The zero-order valence-corrected chi connectivity index (χ0v) is 20.8. The number of aryl methyl sites for hydroxylation is 1. The molecule has 3 fully saturated rings. The molecule has 0 saturated heterocycles. The van der Waals surface area contributed by atoms with Gasteiger partial charge in [0.1, 0.15) is 12.3 Å². The second kappa shape index (κ2) is 8.64. The molecule has 3 aromatic rings. The standard InChI is InChI=1S/C26H31N5O4/c1-15-19-14-27-25(28-18-6-7-20(21(10-18)34-5)35-9-8-30(3)4)29-23(19)31(24(33)22(15)16(2)32)26-11-17(12-26)13-26/h6-7,10,14,17H,8-9,11-13H2,1-5H3,(H,27,28,29). The largest absolute Gasteiger partial charge is 0.493 e. The van der Waals surface area contributed by atoms with Gasteiger partial charge in [-0.3, -0.25) is 14.2 Å². The van der Waals surface area contributed by atoms with Gasteiger partial charge in [-0.05, 0) is 70.8 Å². The number of hydrogen-bond donors (Lipinski definition) is 1. The highest BCUT2D eigenvalue weighted by molar-refractivity contribution is 5.99. The molecule has 0 amide bonds. The number of rotatable bonds is 9. The van der Waals surface area contributed by atoms with E-state index in [1.165, 1.54) is 6.92 Å². The van der Waals surface area contributed by atoms with Crippen LogP contribution in [0.25, 0.3) is 11.0 Å². The lowest BCUT2D eigenvalue weighted by Gasteiger charge is -2.62. The topological polar surface area (TPSA) is 98.6 Å². The van der Waals surface area contributed by atoms with E-state index >= 15 is 0 Å². The Kier molecular flexibility index (Phi) is 5.75. The van der Waals surface area contributed by atoms with Gasteiger partial charge in [0.25, 0.3) is 5.56 Å². The van der Waals surface area contributed by atoms with Crippen LogP contribution in [-0.4, -0.2) is 59.6 Å². The average Bonchev–Trinajstić information content (AvgIpc) is 2.74. The van der Waals surface area contributed by atoms with Crippen molar-refractivity contribution in [1.82, 2.24) is 19.4 Å². The summed E-state index contributed by atoms with van der Waals surface area (Å²) in [5.74, 6) is 2.07. The smallest absolute Gasteiger partial charge is 0.263 e. The average molecular weight is 478 g/mol. The number of hydrogen-bond acceptors (Lipinski definition) is 8. The number of nitrogens with one attached hydrogen (secondary N) is 1. The van der Waals surface area contributed by atoms with Crippen LogP contribution in [-0.2, 0) is 5.54 Å². The maximum Gasteiger partial charge on any atom is 0.263 e. The van der Waals surface area contributed by atoms with Crippen LogP contribution >= 0.6 is 0 Å². The first kappa shape index (κ1) is 23.3. The van der Waals surface area contributed by atoms with E-state index in [0.717, 1.165) is 36.9 Å². The Labute approximate surface area is 204 Å². The van der Waals surface area contributed by atoms with Gasteiger partial charge in [0.15, 0.2) is 17.3 Å². The first-order valence-corrected chi connectivity index (χ1v) is 11.9. The Morgan fingerprint density at radius 1 is 1.26 bits per heavy atom. The van der Waals surface area contributed by atoms with Crippen molar-refractivity contribution in [3.63, 3.8) is 0 Å². The molecule has 1 aromatic carbocycles. The SMILES string of the molecule is COc1cc(Nc2ncc3c(C)c(C(C)=O)c(=O)n(C45CC(C4)C5)c3n2)ccc1OCCN(C)C. The lowest BCUT2D eigenvalue weighted by atomic mass is 9.49. The summed E-state index contributed by atoms with van der Waals surface area (Å²) >= 11 is 0. The summed E-state index contributed by atoms with van der Waals surface area (Å²) in [5, 5.41) is 3.96. The van der Waals surface area contributed by atoms with E-state index in [1.807, 2.05) is 37.2 Å². The Hall–Kier alpha value is -3.46. The highest BCUT2D eigenvalue weighted by Crippen LogP contribution is 2.62. The summed E-state index contributed by atoms with van der Waals surface area (Å²) in [7, 11) is 5.59. The number of fused-ring (bicyclic) bond motifs is 1. The second-order valence-electron chi connectivity index (χ2n) is 9.97. The number of aromatic nitrogens is 3. The summed E-state index contributed by atoms with van der Waals surface area (Å²) < 4.78 is 13.1. The van der Waals surface area contributed by atoms with E-state index in [9.17, 15) is 9.59 Å². The lowest BCUT2D eigenvalue weighted by molar-refractivity contribution is -0.0884. The predicted octanol–water partition coefficient (Wildman–Crippen LogP) is 3.50. The van der Waals surface area contributed by atoms with Gasteiger partial charge in [0.2, 0.25) is 5.95 Å². The maximum atomic E-state index is 13.5. The molecule has 1 N–H and O–H groups in total.